The summed E-state index contributed by atoms with van der Waals surface area (Å²) in [5.74, 6) is 0. The third-order valence-electron chi connectivity index (χ3n) is 3.50. The van der Waals surface area contributed by atoms with Gasteiger partial charge < -0.3 is 12.4 Å². The lowest BCUT2D eigenvalue weighted by Gasteiger charge is -2.13. The molecule has 1 aliphatic carbocycles. The third-order valence-corrected chi connectivity index (χ3v) is 3.50. The molecule has 100 valence electrons. The number of para-hydroxylation sites is 1. The molecule has 0 bridgehead atoms. The molecule has 0 atom stereocenters. The van der Waals surface area contributed by atoms with Gasteiger partial charge in [-0.25, -0.2) is 0 Å². The van der Waals surface area contributed by atoms with Crippen molar-refractivity contribution in [3.63, 3.8) is 0 Å². The molecular weight excluding hydrogens is 266 g/mol. The maximum atomic E-state index is 4.10. The van der Waals surface area contributed by atoms with Crippen LogP contribution in [0.5, 0.6) is 0 Å². The highest BCUT2D eigenvalue weighted by Crippen LogP contribution is 2.25. The summed E-state index contributed by atoms with van der Waals surface area (Å²) in [4.78, 5) is 0. The fourth-order valence-electron chi connectivity index (χ4n) is 2.43. The van der Waals surface area contributed by atoms with Crippen LogP contribution in [0.3, 0.4) is 0 Å². The molecule has 1 nitrogen and oxygen atoms in total. The molecule has 2 aromatic carbocycles. The SMILES string of the molecule is C=C1C=CC(=[N+](C)c2ccccc2)c2ccccc21.[Cl-]. The van der Waals surface area contributed by atoms with E-state index in [1.54, 1.807) is 0 Å². The number of benzene rings is 2. The molecule has 0 heterocycles. The Labute approximate surface area is 126 Å². The predicted octanol–water partition coefficient (Wildman–Crippen LogP) is 1.04. The van der Waals surface area contributed by atoms with Crippen molar-refractivity contribution in [1.29, 1.82) is 0 Å². The van der Waals surface area contributed by atoms with Gasteiger partial charge in [-0.1, -0.05) is 43.0 Å². The van der Waals surface area contributed by atoms with E-state index in [-0.39, 0.29) is 12.4 Å². The van der Waals surface area contributed by atoms with Crippen LogP contribution in [0.1, 0.15) is 11.1 Å². The third kappa shape index (κ3) is 2.45. The summed E-state index contributed by atoms with van der Waals surface area (Å²) < 4.78 is 2.21. The highest BCUT2D eigenvalue weighted by Gasteiger charge is 2.20. The normalized spacial score (nSPS) is 15.3. The summed E-state index contributed by atoms with van der Waals surface area (Å²) >= 11 is 0. The van der Waals surface area contributed by atoms with Gasteiger partial charge in [-0.05, 0) is 23.3 Å². The smallest absolute Gasteiger partial charge is 0.213 e. The molecule has 0 N–H and O–H groups in total. The van der Waals surface area contributed by atoms with Crippen LogP contribution < -0.4 is 12.4 Å². The lowest BCUT2D eigenvalue weighted by Crippen LogP contribution is -3.00. The van der Waals surface area contributed by atoms with Gasteiger partial charge in [0.25, 0.3) is 0 Å². The molecule has 2 aromatic rings. The Bertz CT molecular complexity index is 696. The molecule has 0 amide bonds. The van der Waals surface area contributed by atoms with Gasteiger partial charge in [-0.15, -0.1) is 0 Å². The van der Waals surface area contributed by atoms with Crippen molar-refractivity contribution in [2.45, 2.75) is 0 Å². The van der Waals surface area contributed by atoms with Gasteiger partial charge in [-0.2, -0.15) is 4.58 Å². The topological polar surface area (TPSA) is 3.01 Å². The number of halogens is 1. The van der Waals surface area contributed by atoms with Crippen LogP contribution in [-0.4, -0.2) is 17.3 Å². The van der Waals surface area contributed by atoms with E-state index in [1.807, 2.05) is 6.07 Å². The summed E-state index contributed by atoms with van der Waals surface area (Å²) in [6.07, 6.45) is 4.22. The summed E-state index contributed by atoms with van der Waals surface area (Å²) in [5, 5.41) is 0. The lowest BCUT2D eigenvalue weighted by atomic mass is 9.92. The zero-order chi connectivity index (χ0) is 13.2. The first-order valence-corrected chi connectivity index (χ1v) is 6.40. The van der Waals surface area contributed by atoms with Gasteiger partial charge in [0.15, 0.2) is 0 Å². The van der Waals surface area contributed by atoms with Crippen LogP contribution in [0.2, 0.25) is 0 Å². The highest BCUT2D eigenvalue weighted by molar-refractivity contribution is 6.13. The van der Waals surface area contributed by atoms with E-state index in [1.165, 1.54) is 22.5 Å². The van der Waals surface area contributed by atoms with E-state index in [9.17, 15) is 0 Å². The molecule has 20 heavy (non-hydrogen) atoms. The van der Waals surface area contributed by atoms with E-state index in [0.29, 0.717) is 0 Å². The minimum Gasteiger partial charge on any atom is -1.00 e. The minimum absolute atomic E-state index is 0. The predicted molar refractivity (Wildman–Crippen MR) is 81.0 cm³/mol. The van der Waals surface area contributed by atoms with E-state index in [0.717, 1.165) is 5.57 Å². The first-order valence-electron chi connectivity index (χ1n) is 6.40. The van der Waals surface area contributed by atoms with Crippen molar-refractivity contribution in [3.05, 3.63) is 84.5 Å². The number of fused-ring (bicyclic) bond motifs is 1. The minimum atomic E-state index is 0. The molecule has 0 unspecified atom stereocenters. The first kappa shape index (κ1) is 14.3. The summed E-state index contributed by atoms with van der Waals surface area (Å²) in [7, 11) is 2.10. The van der Waals surface area contributed by atoms with Gasteiger partial charge in [0, 0.05) is 18.2 Å². The lowest BCUT2D eigenvalue weighted by molar-refractivity contribution is -0.403. The van der Waals surface area contributed by atoms with Crippen LogP contribution in [0.25, 0.3) is 5.57 Å². The summed E-state index contributed by atoms with van der Waals surface area (Å²) in [5.41, 5.74) is 5.91. The first-order chi connectivity index (χ1) is 9.27. The van der Waals surface area contributed by atoms with Crippen molar-refractivity contribution >= 4 is 17.0 Å². The number of allylic oxidation sites excluding steroid dienone is 3. The van der Waals surface area contributed by atoms with Gasteiger partial charge in [-0.3, -0.25) is 0 Å². The second-order valence-corrected chi connectivity index (χ2v) is 4.68. The Kier molecular flexibility index (Phi) is 4.21. The maximum Gasteiger partial charge on any atom is 0.213 e. The van der Waals surface area contributed by atoms with Crippen molar-refractivity contribution in [1.82, 2.24) is 0 Å². The van der Waals surface area contributed by atoms with Crippen molar-refractivity contribution in [2.24, 2.45) is 0 Å². The number of hydrogen-bond donors (Lipinski definition) is 0. The monoisotopic (exact) mass is 281 g/mol. The van der Waals surface area contributed by atoms with E-state index < -0.39 is 0 Å². The molecular formula is C18H16ClN. The second-order valence-electron chi connectivity index (χ2n) is 4.68. The fraction of sp³-hybridized carbons (Fsp3) is 0.0556. The standard InChI is InChI=1S/C18H16N.ClH/c1-14-12-13-18(17-11-7-6-10-16(14)17)19(2)15-8-4-3-5-9-15;/h3-13H,1H2,2H3;1H/q+1;/p-1. The Morgan fingerprint density at radius 1 is 0.800 bits per heavy atom. The van der Waals surface area contributed by atoms with Crippen molar-refractivity contribution in [2.75, 3.05) is 7.05 Å². The molecule has 0 radical (unpaired) electrons. The largest absolute Gasteiger partial charge is 1.00 e. The quantitative estimate of drug-likeness (QED) is 0.687. The average molecular weight is 282 g/mol. The Hall–Kier alpha value is -2.12. The van der Waals surface area contributed by atoms with Crippen LogP contribution >= 0.6 is 0 Å². The average Bonchev–Trinajstić information content (AvgIpc) is 2.48. The van der Waals surface area contributed by atoms with Crippen molar-refractivity contribution < 1.29 is 17.0 Å². The van der Waals surface area contributed by atoms with E-state index >= 15 is 0 Å². The van der Waals surface area contributed by atoms with Gasteiger partial charge in [0.2, 0.25) is 11.4 Å². The molecule has 0 spiro atoms. The molecule has 0 fully saturated rings. The van der Waals surface area contributed by atoms with Gasteiger partial charge >= 0.3 is 0 Å². The molecule has 0 saturated carbocycles. The maximum absolute atomic E-state index is 4.10. The number of hydrogen-bond acceptors (Lipinski definition) is 0. The molecule has 2 heteroatoms. The molecule has 0 aliphatic heterocycles. The van der Waals surface area contributed by atoms with Crippen molar-refractivity contribution in [3.8, 4) is 0 Å². The summed E-state index contributed by atoms with van der Waals surface area (Å²) in [6.45, 7) is 4.10. The van der Waals surface area contributed by atoms with Crippen LogP contribution in [0.15, 0.2) is 73.3 Å². The molecule has 3 rings (SSSR count). The van der Waals surface area contributed by atoms with Crippen LogP contribution in [0, 0.1) is 0 Å². The molecule has 0 saturated heterocycles. The summed E-state index contributed by atoms with van der Waals surface area (Å²) in [6, 6.07) is 18.8. The van der Waals surface area contributed by atoms with Crippen LogP contribution in [-0.2, 0) is 0 Å². The van der Waals surface area contributed by atoms with Gasteiger partial charge in [0.05, 0.1) is 5.56 Å². The van der Waals surface area contributed by atoms with E-state index in [4.69, 9.17) is 0 Å². The zero-order valence-electron chi connectivity index (χ0n) is 11.4. The van der Waals surface area contributed by atoms with Crippen LogP contribution in [0.4, 0.5) is 5.69 Å². The molecule has 0 aromatic heterocycles. The fourth-order valence-corrected chi connectivity index (χ4v) is 2.43. The number of nitrogens with zero attached hydrogens (tertiary/aromatic N) is 1. The zero-order valence-corrected chi connectivity index (χ0v) is 12.1. The van der Waals surface area contributed by atoms with Gasteiger partial charge in [0.1, 0.15) is 7.05 Å². The second kappa shape index (κ2) is 5.89. The van der Waals surface area contributed by atoms with E-state index in [2.05, 4.69) is 78.9 Å². The highest BCUT2D eigenvalue weighted by atomic mass is 35.5. The Morgan fingerprint density at radius 3 is 2.10 bits per heavy atom. The molecule has 1 aliphatic rings. The Balaban J connectivity index is 0.00000147. The Morgan fingerprint density at radius 2 is 1.40 bits per heavy atom. The number of rotatable bonds is 1.